The molecular weight excluding hydrogens is 351 g/mol. The number of nitrogens with zero attached hydrogens (tertiary/aromatic N) is 1. The molecule has 1 aromatic heterocycles. The van der Waals surface area contributed by atoms with Crippen molar-refractivity contribution in [1.29, 1.82) is 0 Å². The summed E-state index contributed by atoms with van der Waals surface area (Å²) in [6, 6.07) is 6.53. The quantitative estimate of drug-likeness (QED) is 0.474. The van der Waals surface area contributed by atoms with Crippen LogP contribution in [0.4, 0.5) is 4.79 Å². The minimum atomic E-state index is -0.641. The van der Waals surface area contributed by atoms with Crippen molar-refractivity contribution in [3.8, 4) is 11.3 Å². The third kappa shape index (κ3) is 4.16. The van der Waals surface area contributed by atoms with Gasteiger partial charge >= 0.3 is 6.09 Å². The Hall–Kier alpha value is -1.69. The summed E-state index contributed by atoms with van der Waals surface area (Å²) in [6.07, 6.45) is 0.698. The average Bonchev–Trinajstić information content (AvgIpc) is 2.92. The standard InChI is InChI=1S/C14H11Cl3N2O3/c1-2-21-14(20)19-18-7-8-3-4-13(22-8)9-5-11(16)12(17)6-10(9)15/h3-7H,2H2,1H3,(H,19,20)/b18-7+. The zero-order valence-electron chi connectivity index (χ0n) is 11.4. The third-order valence-corrected chi connectivity index (χ3v) is 3.56. The van der Waals surface area contributed by atoms with Crippen LogP contribution in [-0.4, -0.2) is 18.9 Å². The Balaban J connectivity index is 2.13. The number of nitrogens with one attached hydrogen (secondary N) is 1. The highest BCUT2D eigenvalue weighted by atomic mass is 35.5. The van der Waals surface area contributed by atoms with Crippen LogP contribution in [0.3, 0.4) is 0 Å². The molecule has 2 aromatic rings. The summed E-state index contributed by atoms with van der Waals surface area (Å²) in [4.78, 5) is 11.1. The Labute approximate surface area is 141 Å². The van der Waals surface area contributed by atoms with E-state index in [1.807, 2.05) is 0 Å². The minimum absolute atomic E-state index is 0.266. The van der Waals surface area contributed by atoms with E-state index < -0.39 is 6.09 Å². The second kappa shape index (κ2) is 7.54. The largest absolute Gasteiger partial charge is 0.455 e. The van der Waals surface area contributed by atoms with E-state index >= 15 is 0 Å². The fourth-order valence-corrected chi connectivity index (χ4v) is 2.23. The van der Waals surface area contributed by atoms with Crippen LogP contribution in [0.1, 0.15) is 12.7 Å². The molecule has 0 atom stereocenters. The van der Waals surface area contributed by atoms with Gasteiger partial charge in [-0.2, -0.15) is 5.10 Å². The number of ether oxygens (including phenoxy) is 1. The van der Waals surface area contributed by atoms with Crippen LogP contribution in [0, 0.1) is 0 Å². The molecule has 5 nitrogen and oxygen atoms in total. The van der Waals surface area contributed by atoms with Crippen LogP contribution in [0.2, 0.25) is 15.1 Å². The highest BCUT2D eigenvalue weighted by Crippen LogP contribution is 2.35. The summed E-state index contributed by atoms with van der Waals surface area (Å²) in [7, 11) is 0. The van der Waals surface area contributed by atoms with Crippen LogP contribution in [0.15, 0.2) is 33.8 Å². The van der Waals surface area contributed by atoms with E-state index in [0.29, 0.717) is 32.2 Å². The Morgan fingerprint density at radius 1 is 1.27 bits per heavy atom. The second-order valence-electron chi connectivity index (χ2n) is 4.04. The van der Waals surface area contributed by atoms with Crippen molar-refractivity contribution in [2.24, 2.45) is 5.10 Å². The summed E-state index contributed by atoms with van der Waals surface area (Å²) < 4.78 is 10.2. The predicted molar refractivity (Wildman–Crippen MR) is 86.9 cm³/mol. The van der Waals surface area contributed by atoms with Crippen LogP contribution in [0.25, 0.3) is 11.3 Å². The van der Waals surface area contributed by atoms with Crippen LogP contribution in [0.5, 0.6) is 0 Å². The molecule has 0 aliphatic carbocycles. The topological polar surface area (TPSA) is 63.8 Å². The van der Waals surface area contributed by atoms with Gasteiger partial charge in [0.1, 0.15) is 11.5 Å². The van der Waals surface area contributed by atoms with Crippen molar-refractivity contribution >= 4 is 47.1 Å². The molecular formula is C14H11Cl3N2O3. The molecule has 0 saturated heterocycles. The fourth-order valence-electron chi connectivity index (χ4n) is 1.59. The first kappa shape index (κ1) is 16.7. The first-order valence-corrected chi connectivity index (χ1v) is 7.35. The number of hydrogen-bond donors (Lipinski definition) is 1. The number of rotatable bonds is 4. The van der Waals surface area contributed by atoms with Gasteiger partial charge < -0.3 is 9.15 Å². The molecule has 8 heteroatoms. The van der Waals surface area contributed by atoms with Crippen molar-refractivity contribution in [3.05, 3.63) is 45.1 Å². The molecule has 0 radical (unpaired) electrons. The normalized spacial score (nSPS) is 10.9. The summed E-state index contributed by atoms with van der Waals surface area (Å²) in [6.45, 7) is 1.96. The molecule has 0 aliphatic rings. The van der Waals surface area contributed by atoms with Gasteiger partial charge in [0.15, 0.2) is 0 Å². The van der Waals surface area contributed by atoms with Gasteiger partial charge in [-0.1, -0.05) is 34.8 Å². The maximum atomic E-state index is 11.1. The molecule has 22 heavy (non-hydrogen) atoms. The molecule has 0 fully saturated rings. The number of amides is 1. The first-order chi connectivity index (χ1) is 10.5. The molecule has 0 bridgehead atoms. The van der Waals surface area contributed by atoms with Crippen LogP contribution in [-0.2, 0) is 4.74 Å². The minimum Gasteiger partial charge on any atom is -0.455 e. The Morgan fingerprint density at radius 3 is 2.73 bits per heavy atom. The molecule has 0 aliphatic heterocycles. The van der Waals surface area contributed by atoms with Crippen molar-refractivity contribution < 1.29 is 13.9 Å². The van der Waals surface area contributed by atoms with E-state index in [9.17, 15) is 4.79 Å². The van der Waals surface area contributed by atoms with Crippen molar-refractivity contribution in [2.45, 2.75) is 6.92 Å². The third-order valence-electron chi connectivity index (χ3n) is 2.53. The second-order valence-corrected chi connectivity index (χ2v) is 5.26. The SMILES string of the molecule is CCOC(=O)N/N=C/c1ccc(-c2cc(Cl)c(Cl)cc2Cl)o1. The van der Waals surface area contributed by atoms with Crippen molar-refractivity contribution in [3.63, 3.8) is 0 Å². The van der Waals surface area contributed by atoms with E-state index in [0.717, 1.165) is 0 Å². The fraction of sp³-hybridized carbons (Fsp3) is 0.143. The zero-order chi connectivity index (χ0) is 16.1. The molecule has 1 amide bonds. The molecule has 1 aromatic carbocycles. The van der Waals surface area contributed by atoms with Gasteiger partial charge in [0, 0.05) is 5.56 Å². The molecule has 1 N–H and O–H groups in total. The van der Waals surface area contributed by atoms with Gasteiger partial charge in [-0.15, -0.1) is 0 Å². The molecule has 1 heterocycles. The average molecular weight is 362 g/mol. The maximum absolute atomic E-state index is 11.1. The van der Waals surface area contributed by atoms with Crippen LogP contribution >= 0.6 is 34.8 Å². The highest BCUT2D eigenvalue weighted by Gasteiger charge is 2.11. The first-order valence-electron chi connectivity index (χ1n) is 6.22. The molecule has 0 saturated carbocycles. The summed E-state index contributed by atoms with van der Waals surface area (Å²) >= 11 is 18.0. The van der Waals surface area contributed by atoms with E-state index in [2.05, 4.69) is 15.3 Å². The van der Waals surface area contributed by atoms with Crippen molar-refractivity contribution in [2.75, 3.05) is 6.61 Å². The number of halogens is 3. The molecule has 0 unspecified atom stereocenters. The van der Waals surface area contributed by atoms with Gasteiger partial charge in [0.05, 0.1) is 27.9 Å². The number of hydrazone groups is 1. The van der Waals surface area contributed by atoms with Gasteiger partial charge in [0.2, 0.25) is 0 Å². The van der Waals surface area contributed by atoms with Gasteiger partial charge in [0.25, 0.3) is 0 Å². The van der Waals surface area contributed by atoms with Crippen LogP contribution < -0.4 is 5.43 Å². The molecule has 0 spiro atoms. The maximum Gasteiger partial charge on any atom is 0.427 e. The Morgan fingerprint density at radius 2 is 2.00 bits per heavy atom. The lowest BCUT2D eigenvalue weighted by Gasteiger charge is -2.03. The number of carbonyl (C=O) groups excluding carboxylic acids is 1. The van der Waals surface area contributed by atoms with E-state index in [1.165, 1.54) is 6.21 Å². The van der Waals surface area contributed by atoms with Gasteiger partial charge in [-0.25, -0.2) is 10.2 Å². The summed E-state index contributed by atoms with van der Waals surface area (Å²) in [5, 5.41) is 4.85. The zero-order valence-corrected chi connectivity index (χ0v) is 13.7. The smallest absolute Gasteiger partial charge is 0.427 e. The number of furan rings is 1. The van der Waals surface area contributed by atoms with E-state index in [4.69, 9.17) is 39.2 Å². The van der Waals surface area contributed by atoms with Gasteiger partial charge in [-0.3, -0.25) is 0 Å². The highest BCUT2D eigenvalue weighted by molar-refractivity contribution is 6.44. The van der Waals surface area contributed by atoms with E-state index in [1.54, 1.807) is 31.2 Å². The lowest BCUT2D eigenvalue weighted by Crippen LogP contribution is -2.18. The number of carbonyl (C=O) groups is 1. The lowest BCUT2D eigenvalue weighted by molar-refractivity contribution is 0.152. The lowest BCUT2D eigenvalue weighted by atomic mass is 10.2. The summed E-state index contributed by atoms with van der Waals surface area (Å²) in [5.74, 6) is 0.926. The molecule has 2 rings (SSSR count). The number of benzene rings is 1. The van der Waals surface area contributed by atoms with Gasteiger partial charge in [-0.05, 0) is 31.2 Å². The monoisotopic (exact) mass is 360 g/mol. The van der Waals surface area contributed by atoms with Crippen molar-refractivity contribution in [1.82, 2.24) is 5.43 Å². The van der Waals surface area contributed by atoms with E-state index in [-0.39, 0.29) is 6.61 Å². The summed E-state index contributed by atoms with van der Waals surface area (Å²) in [5.41, 5.74) is 2.80. The molecule has 116 valence electrons. The Bertz CT molecular complexity index is 713. The Kier molecular flexibility index (Phi) is 5.71. The number of hydrogen-bond acceptors (Lipinski definition) is 4. The predicted octanol–water partition coefficient (Wildman–Crippen LogP) is 4.99.